The van der Waals surface area contributed by atoms with Gasteiger partial charge in [-0.25, -0.2) is 4.98 Å². The average Bonchev–Trinajstić information content (AvgIpc) is 2.65. The van der Waals surface area contributed by atoms with Crippen LogP contribution < -0.4 is 15.0 Å². The molecule has 0 saturated carbocycles. The molecule has 2 aromatic heterocycles. The quantitative estimate of drug-likeness (QED) is 0.728. The summed E-state index contributed by atoms with van der Waals surface area (Å²) in [6.45, 7) is 0.118. The van der Waals surface area contributed by atoms with E-state index in [1.54, 1.807) is 11.0 Å². The highest BCUT2D eigenvalue weighted by atomic mass is 16.5. The smallest absolute Gasteiger partial charge is 0.321 e. The highest BCUT2D eigenvalue weighted by Crippen LogP contribution is 2.10. The van der Waals surface area contributed by atoms with Crippen LogP contribution >= 0.6 is 0 Å². The van der Waals surface area contributed by atoms with Gasteiger partial charge in [0.2, 0.25) is 5.95 Å². The van der Waals surface area contributed by atoms with Gasteiger partial charge in [0.05, 0.1) is 30.9 Å². The topological polar surface area (TPSA) is 106 Å². The molecule has 0 saturated heterocycles. The van der Waals surface area contributed by atoms with Crippen molar-refractivity contribution < 1.29 is 9.53 Å². The summed E-state index contributed by atoms with van der Waals surface area (Å²) >= 11 is 0. The number of benzene rings is 1. The summed E-state index contributed by atoms with van der Waals surface area (Å²) in [5, 5.41) is 2.73. The molecule has 0 aliphatic rings. The summed E-state index contributed by atoms with van der Waals surface area (Å²) in [5.74, 6) is 0.475. The number of methoxy groups -OCH3 is 1. The Morgan fingerprint density at radius 2 is 1.88 bits per heavy atom. The first-order chi connectivity index (χ1) is 12.1. The molecule has 1 aromatic carbocycles. The van der Waals surface area contributed by atoms with E-state index in [4.69, 9.17) is 4.74 Å². The first-order valence-corrected chi connectivity index (χ1v) is 7.53. The number of hydrogen-bond donors (Lipinski definition) is 1. The van der Waals surface area contributed by atoms with Crippen molar-refractivity contribution in [2.24, 2.45) is 0 Å². The number of ether oxygens (including phenoxy) is 1. The Morgan fingerprint density at radius 1 is 1.12 bits per heavy atom. The molecule has 128 valence electrons. The lowest BCUT2D eigenvalue weighted by Crippen LogP contribution is -2.26. The molecule has 0 aliphatic heterocycles. The van der Waals surface area contributed by atoms with Gasteiger partial charge in [-0.1, -0.05) is 12.1 Å². The molecule has 3 aromatic rings. The van der Waals surface area contributed by atoms with Gasteiger partial charge in [-0.05, 0) is 12.1 Å². The van der Waals surface area contributed by atoms with E-state index < -0.39 is 0 Å². The number of fused-ring (bicyclic) bond motifs is 1. The second-order valence-electron chi connectivity index (χ2n) is 5.36. The minimum absolute atomic E-state index is 0.118. The molecule has 9 nitrogen and oxygen atoms in total. The molecular weight excluding hydrogens is 322 g/mol. The van der Waals surface area contributed by atoms with Gasteiger partial charge in [-0.15, -0.1) is 0 Å². The lowest BCUT2D eigenvalue weighted by atomic mass is 10.3. The summed E-state index contributed by atoms with van der Waals surface area (Å²) in [5.41, 5.74) is 1.62. The van der Waals surface area contributed by atoms with E-state index in [1.165, 1.54) is 13.3 Å². The van der Waals surface area contributed by atoms with Crippen LogP contribution in [0.3, 0.4) is 0 Å². The zero-order chi connectivity index (χ0) is 17.8. The Morgan fingerprint density at radius 3 is 2.60 bits per heavy atom. The summed E-state index contributed by atoms with van der Waals surface area (Å²) in [6.07, 6.45) is 1.44. The van der Waals surface area contributed by atoms with Gasteiger partial charge in [-0.2, -0.15) is 15.0 Å². The van der Waals surface area contributed by atoms with Crippen molar-refractivity contribution in [1.29, 1.82) is 0 Å². The number of rotatable bonds is 5. The summed E-state index contributed by atoms with van der Waals surface area (Å²) < 4.78 is 5.06. The Labute approximate surface area is 144 Å². The lowest BCUT2D eigenvalue weighted by molar-refractivity contribution is 0.0944. The molecule has 3 rings (SSSR count). The number of hydrogen-bond acceptors (Lipinski definition) is 8. The molecule has 1 amide bonds. The Bertz CT molecular complexity index is 914. The third-order valence-corrected chi connectivity index (χ3v) is 3.32. The van der Waals surface area contributed by atoms with Crippen molar-refractivity contribution in [1.82, 2.24) is 30.2 Å². The molecule has 0 bridgehead atoms. The molecule has 0 atom stereocenters. The van der Waals surface area contributed by atoms with E-state index in [0.717, 1.165) is 5.52 Å². The van der Waals surface area contributed by atoms with Gasteiger partial charge in [0.15, 0.2) is 5.82 Å². The summed E-state index contributed by atoms with van der Waals surface area (Å²) in [4.78, 5) is 35.1. The van der Waals surface area contributed by atoms with E-state index in [-0.39, 0.29) is 24.2 Å². The maximum absolute atomic E-state index is 12.3. The van der Waals surface area contributed by atoms with Gasteiger partial charge < -0.3 is 15.0 Å². The van der Waals surface area contributed by atoms with Crippen LogP contribution in [0.4, 0.5) is 5.95 Å². The number of amides is 1. The van der Waals surface area contributed by atoms with Crippen LogP contribution in [0.25, 0.3) is 11.0 Å². The first-order valence-electron chi connectivity index (χ1n) is 7.53. The van der Waals surface area contributed by atoms with Crippen LogP contribution in [0.5, 0.6) is 6.01 Å². The van der Waals surface area contributed by atoms with E-state index in [0.29, 0.717) is 17.3 Å². The predicted molar refractivity (Wildman–Crippen MR) is 91.4 cm³/mol. The number of nitrogens with one attached hydrogen (secondary N) is 1. The lowest BCUT2D eigenvalue weighted by Gasteiger charge is -2.12. The minimum atomic E-state index is -0.357. The normalized spacial score (nSPS) is 10.5. The molecule has 0 spiro atoms. The maximum atomic E-state index is 12.3. The number of para-hydroxylation sites is 2. The minimum Gasteiger partial charge on any atom is -0.467 e. The van der Waals surface area contributed by atoms with Gasteiger partial charge in [0.1, 0.15) is 5.69 Å². The van der Waals surface area contributed by atoms with Crippen LogP contribution in [-0.4, -0.2) is 52.0 Å². The maximum Gasteiger partial charge on any atom is 0.321 e. The number of carbonyl (C=O) groups excluding carboxylic acids is 1. The van der Waals surface area contributed by atoms with Crippen molar-refractivity contribution in [3.8, 4) is 6.01 Å². The van der Waals surface area contributed by atoms with E-state index >= 15 is 0 Å². The number of nitrogens with zero attached hydrogens (tertiary/aromatic N) is 6. The van der Waals surface area contributed by atoms with Crippen LogP contribution in [0.1, 0.15) is 16.3 Å². The molecule has 0 aliphatic carbocycles. The molecule has 0 unspecified atom stereocenters. The van der Waals surface area contributed by atoms with Crippen LogP contribution in [-0.2, 0) is 6.54 Å². The molecule has 0 fully saturated rings. The molecule has 9 heteroatoms. The third-order valence-electron chi connectivity index (χ3n) is 3.32. The Kier molecular flexibility index (Phi) is 4.64. The largest absolute Gasteiger partial charge is 0.467 e. The van der Waals surface area contributed by atoms with Crippen LogP contribution in [0.2, 0.25) is 0 Å². The van der Waals surface area contributed by atoms with Crippen molar-refractivity contribution in [2.75, 3.05) is 26.1 Å². The zero-order valence-corrected chi connectivity index (χ0v) is 14.1. The standard InChI is InChI=1S/C16H17N7O2/c1-23(2)15-20-13(21-16(22-15)25-3)9-18-14(24)12-8-17-10-6-4-5-7-11(10)19-12/h4-8H,9H2,1-3H3,(H,18,24). The number of aromatic nitrogens is 5. The summed E-state index contributed by atoms with van der Waals surface area (Å²) in [7, 11) is 5.09. The fraction of sp³-hybridized carbons (Fsp3) is 0.250. The van der Waals surface area contributed by atoms with Crippen molar-refractivity contribution >= 4 is 22.9 Å². The third kappa shape index (κ3) is 3.77. The second kappa shape index (κ2) is 7.04. The molecule has 2 heterocycles. The molecule has 25 heavy (non-hydrogen) atoms. The van der Waals surface area contributed by atoms with Crippen molar-refractivity contribution in [3.05, 3.63) is 42.0 Å². The predicted octanol–water partition coefficient (Wildman–Crippen LogP) is 0.819. The highest BCUT2D eigenvalue weighted by molar-refractivity contribution is 5.93. The van der Waals surface area contributed by atoms with Crippen molar-refractivity contribution in [3.63, 3.8) is 0 Å². The molecular formula is C16H17N7O2. The highest BCUT2D eigenvalue weighted by Gasteiger charge is 2.12. The van der Waals surface area contributed by atoms with Gasteiger partial charge in [0, 0.05) is 14.1 Å². The van der Waals surface area contributed by atoms with Crippen LogP contribution in [0, 0.1) is 0 Å². The number of carbonyl (C=O) groups is 1. The summed E-state index contributed by atoms with van der Waals surface area (Å²) in [6, 6.07) is 7.54. The fourth-order valence-electron chi connectivity index (χ4n) is 2.07. The van der Waals surface area contributed by atoms with Crippen LogP contribution in [0.15, 0.2) is 30.5 Å². The van der Waals surface area contributed by atoms with E-state index in [1.807, 2.05) is 32.3 Å². The SMILES string of the molecule is COc1nc(CNC(=O)c2cnc3ccccc3n2)nc(N(C)C)n1. The fourth-order valence-corrected chi connectivity index (χ4v) is 2.07. The van der Waals surface area contributed by atoms with E-state index in [9.17, 15) is 4.79 Å². The zero-order valence-electron chi connectivity index (χ0n) is 14.1. The first kappa shape index (κ1) is 16.5. The average molecular weight is 339 g/mol. The Hall–Kier alpha value is -3.36. The number of anilines is 1. The van der Waals surface area contributed by atoms with Gasteiger partial charge >= 0.3 is 6.01 Å². The monoisotopic (exact) mass is 339 g/mol. The van der Waals surface area contributed by atoms with Crippen molar-refractivity contribution in [2.45, 2.75) is 6.54 Å². The second-order valence-corrected chi connectivity index (χ2v) is 5.36. The van der Waals surface area contributed by atoms with Gasteiger partial charge in [-0.3, -0.25) is 9.78 Å². The Balaban J connectivity index is 1.76. The van der Waals surface area contributed by atoms with Gasteiger partial charge in [0.25, 0.3) is 5.91 Å². The molecule has 1 N–H and O–H groups in total. The van der Waals surface area contributed by atoms with E-state index in [2.05, 4.69) is 30.2 Å². The molecule has 0 radical (unpaired) electrons.